The molecule has 0 saturated carbocycles. The molecule has 1 atom stereocenters. The molecule has 1 heterocycles. The number of carboxylic acid groups (broad SMARTS) is 1. The molecule has 2 rings (SSSR count). The molecule has 0 radical (unpaired) electrons. The van der Waals surface area contributed by atoms with Crippen LogP contribution < -0.4 is 4.74 Å². The van der Waals surface area contributed by atoms with Crippen LogP contribution in [-0.4, -0.2) is 54.9 Å². The average molecular weight is 344 g/mol. The normalized spacial score (nSPS) is 19.8. The second-order valence-electron chi connectivity index (χ2n) is 4.64. The van der Waals surface area contributed by atoms with E-state index in [4.69, 9.17) is 14.6 Å². The Bertz CT molecular complexity index is 480. The lowest BCUT2D eigenvalue weighted by Crippen LogP contribution is -2.44. The third-order valence-electron chi connectivity index (χ3n) is 3.27. The molecule has 110 valence electrons. The topological polar surface area (TPSA) is 59.0 Å². The highest BCUT2D eigenvalue weighted by atomic mass is 79.9. The molecule has 0 amide bonds. The second-order valence-corrected chi connectivity index (χ2v) is 5.50. The third-order valence-corrected chi connectivity index (χ3v) is 3.97. The van der Waals surface area contributed by atoms with Gasteiger partial charge in [-0.2, -0.15) is 0 Å². The van der Waals surface area contributed by atoms with Gasteiger partial charge in [-0.15, -0.1) is 0 Å². The van der Waals surface area contributed by atoms with Crippen molar-refractivity contribution in [2.24, 2.45) is 0 Å². The van der Waals surface area contributed by atoms with E-state index in [0.29, 0.717) is 23.4 Å². The highest BCUT2D eigenvalue weighted by molar-refractivity contribution is 9.10. The summed E-state index contributed by atoms with van der Waals surface area (Å²) in [6.07, 6.45) is 0.0284. The average Bonchev–Trinajstić information content (AvgIpc) is 2.46. The van der Waals surface area contributed by atoms with Gasteiger partial charge in [0.1, 0.15) is 18.5 Å². The van der Waals surface area contributed by atoms with Crippen molar-refractivity contribution >= 4 is 21.9 Å². The Morgan fingerprint density at radius 1 is 1.60 bits per heavy atom. The van der Waals surface area contributed by atoms with Crippen molar-refractivity contribution in [2.45, 2.75) is 13.0 Å². The van der Waals surface area contributed by atoms with Crippen LogP contribution in [0, 0.1) is 0 Å². The lowest BCUT2D eigenvalue weighted by Gasteiger charge is -2.31. The van der Waals surface area contributed by atoms with Crippen LogP contribution in [-0.2, 0) is 4.74 Å². The van der Waals surface area contributed by atoms with Crippen molar-refractivity contribution in [3.05, 3.63) is 28.2 Å². The van der Waals surface area contributed by atoms with Gasteiger partial charge < -0.3 is 14.6 Å². The molecule has 1 aliphatic rings. The number of nitrogens with zero attached hydrogens (tertiary/aromatic N) is 1. The fourth-order valence-corrected chi connectivity index (χ4v) is 2.53. The summed E-state index contributed by atoms with van der Waals surface area (Å²) < 4.78 is 11.8. The minimum Gasteiger partial charge on any atom is -0.491 e. The van der Waals surface area contributed by atoms with Crippen molar-refractivity contribution in [3.63, 3.8) is 0 Å². The van der Waals surface area contributed by atoms with Gasteiger partial charge in [-0.25, -0.2) is 4.79 Å². The number of ether oxygens (including phenoxy) is 2. The Hall–Kier alpha value is -1.11. The Labute approximate surface area is 126 Å². The number of aromatic carboxylic acids is 1. The molecule has 0 aliphatic carbocycles. The summed E-state index contributed by atoms with van der Waals surface area (Å²) in [5.74, 6) is -0.434. The Morgan fingerprint density at radius 3 is 3.10 bits per heavy atom. The summed E-state index contributed by atoms with van der Waals surface area (Å²) >= 11 is 3.21. The Kier molecular flexibility index (Phi) is 5.39. The highest BCUT2D eigenvalue weighted by Gasteiger charge is 2.20. The van der Waals surface area contributed by atoms with Crippen LogP contribution in [0.2, 0.25) is 0 Å². The summed E-state index contributed by atoms with van der Waals surface area (Å²) in [5, 5.41) is 9.06. The summed E-state index contributed by atoms with van der Waals surface area (Å²) in [4.78, 5) is 13.4. The standard InChI is InChI=1S/C14H18BrNO4/c1-2-16-5-6-19-11(8-16)9-20-10-3-4-13(15)12(7-10)14(17)18/h3-4,7,11H,2,5-6,8-9H2,1H3,(H,17,18). The number of morpholine rings is 1. The highest BCUT2D eigenvalue weighted by Crippen LogP contribution is 2.23. The third kappa shape index (κ3) is 3.94. The Morgan fingerprint density at radius 2 is 2.40 bits per heavy atom. The number of halogens is 1. The number of hydrogen-bond donors (Lipinski definition) is 1. The predicted octanol–water partition coefficient (Wildman–Crippen LogP) is 2.25. The van der Waals surface area contributed by atoms with E-state index in [1.54, 1.807) is 12.1 Å². The van der Waals surface area contributed by atoms with Gasteiger partial charge in [0.15, 0.2) is 0 Å². The van der Waals surface area contributed by atoms with E-state index in [2.05, 4.69) is 27.8 Å². The van der Waals surface area contributed by atoms with Crippen LogP contribution in [0.5, 0.6) is 5.75 Å². The maximum absolute atomic E-state index is 11.0. The maximum Gasteiger partial charge on any atom is 0.336 e. The molecule has 0 spiro atoms. The minimum atomic E-state index is -0.978. The zero-order valence-electron chi connectivity index (χ0n) is 11.3. The first-order valence-electron chi connectivity index (χ1n) is 6.59. The van der Waals surface area contributed by atoms with E-state index < -0.39 is 5.97 Å². The number of hydrogen-bond acceptors (Lipinski definition) is 4. The monoisotopic (exact) mass is 343 g/mol. The summed E-state index contributed by atoms with van der Waals surface area (Å²) in [6, 6.07) is 4.95. The van der Waals surface area contributed by atoms with Gasteiger partial charge in [-0.1, -0.05) is 6.92 Å². The fourth-order valence-electron chi connectivity index (χ4n) is 2.12. The molecule has 1 saturated heterocycles. The lowest BCUT2D eigenvalue weighted by atomic mass is 10.2. The first kappa shape index (κ1) is 15.3. The van der Waals surface area contributed by atoms with Crippen molar-refractivity contribution in [3.8, 4) is 5.75 Å². The molecule has 1 unspecified atom stereocenters. The molecule has 1 aliphatic heterocycles. The summed E-state index contributed by atoms with van der Waals surface area (Å²) in [5.41, 5.74) is 0.197. The fraction of sp³-hybridized carbons (Fsp3) is 0.500. The summed E-state index contributed by atoms with van der Waals surface area (Å²) in [6.45, 7) is 6.06. The van der Waals surface area contributed by atoms with E-state index in [1.165, 1.54) is 6.07 Å². The molecule has 1 aromatic rings. The largest absolute Gasteiger partial charge is 0.491 e. The van der Waals surface area contributed by atoms with E-state index >= 15 is 0 Å². The predicted molar refractivity (Wildman–Crippen MR) is 78.5 cm³/mol. The molecular weight excluding hydrogens is 326 g/mol. The number of carbonyl (C=O) groups is 1. The van der Waals surface area contributed by atoms with Gasteiger partial charge >= 0.3 is 5.97 Å². The van der Waals surface area contributed by atoms with Crippen LogP contribution in [0.15, 0.2) is 22.7 Å². The van der Waals surface area contributed by atoms with Crippen LogP contribution >= 0.6 is 15.9 Å². The van der Waals surface area contributed by atoms with Gasteiger partial charge in [0, 0.05) is 17.6 Å². The molecular formula is C14H18BrNO4. The van der Waals surface area contributed by atoms with Gasteiger partial charge in [0.2, 0.25) is 0 Å². The van der Waals surface area contributed by atoms with Crippen LogP contribution in [0.4, 0.5) is 0 Å². The first-order chi connectivity index (χ1) is 9.60. The molecule has 1 aromatic carbocycles. The Balaban J connectivity index is 1.93. The number of benzene rings is 1. The smallest absolute Gasteiger partial charge is 0.336 e. The molecule has 6 heteroatoms. The molecule has 0 bridgehead atoms. The second kappa shape index (κ2) is 7.06. The van der Waals surface area contributed by atoms with Crippen molar-refractivity contribution in [1.82, 2.24) is 4.90 Å². The molecule has 1 N–H and O–H groups in total. The lowest BCUT2D eigenvalue weighted by molar-refractivity contribution is -0.0464. The van der Waals surface area contributed by atoms with Gasteiger partial charge in [-0.05, 0) is 40.7 Å². The SMILES string of the molecule is CCN1CCOC(COc2ccc(Br)c(C(=O)O)c2)C1. The summed E-state index contributed by atoms with van der Waals surface area (Å²) in [7, 11) is 0. The van der Waals surface area contributed by atoms with Crippen molar-refractivity contribution in [2.75, 3.05) is 32.8 Å². The van der Waals surface area contributed by atoms with E-state index in [1.807, 2.05) is 0 Å². The molecule has 20 heavy (non-hydrogen) atoms. The number of rotatable bonds is 5. The number of carboxylic acids is 1. The van der Waals surface area contributed by atoms with Gasteiger partial charge in [0.25, 0.3) is 0 Å². The molecule has 0 aromatic heterocycles. The zero-order chi connectivity index (χ0) is 14.5. The van der Waals surface area contributed by atoms with Crippen LogP contribution in [0.3, 0.4) is 0 Å². The van der Waals surface area contributed by atoms with E-state index in [9.17, 15) is 4.79 Å². The van der Waals surface area contributed by atoms with E-state index in [0.717, 1.165) is 19.6 Å². The quantitative estimate of drug-likeness (QED) is 0.888. The minimum absolute atomic E-state index is 0.0284. The van der Waals surface area contributed by atoms with Crippen molar-refractivity contribution in [1.29, 1.82) is 0 Å². The first-order valence-corrected chi connectivity index (χ1v) is 7.39. The van der Waals surface area contributed by atoms with Crippen LogP contribution in [0.1, 0.15) is 17.3 Å². The zero-order valence-corrected chi connectivity index (χ0v) is 12.9. The van der Waals surface area contributed by atoms with E-state index in [-0.39, 0.29) is 11.7 Å². The molecule has 5 nitrogen and oxygen atoms in total. The van der Waals surface area contributed by atoms with Gasteiger partial charge in [0.05, 0.1) is 12.2 Å². The van der Waals surface area contributed by atoms with Crippen molar-refractivity contribution < 1.29 is 19.4 Å². The molecule has 1 fully saturated rings. The maximum atomic E-state index is 11.0. The van der Waals surface area contributed by atoms with Crippen LogP contribution in [0.25, 0.3) is 0 Å². The van der Waals surface area contributed by atoms with Gasteiger partial charge in [-0.3, -0.25) is 4.90 Å². The number of likely N-dealkylation sites (N-methyl/N-ethyl adjacent to an activating group) is 1.